The van der Waals surface area contributed by atoms with Crippen molar-refractivity contribution in [3.8, 4) is 0 Å². The van der Waals surface area contributed by atoms with Crippen LogP contribution in [0.3, 0.4) is 0 Å². The molecule has 1 N–H and O–H groups in total. The fourth-order valence-corrected chi connectivity index (χ4v) is 5.72. The first-order valence-electron chi connectivity index (χ1n) is 11.6. The Kier molecular flexibility index (Phi) is 9.52. The van der Waals surface area contributed by atoms with Gasteiger partial charge in [0, 0.05) is 64.3 Å². The van der Waals surface area contributed by atoms with Gasteiger partial charge in [0.1, 0.15) is 11.6 Å². The van der Waals surface area contributed by atoms with Gasteiger partial charge in [-0.15, -0.1) is 24.8 Å². The van der Waals surface area contributed by atoms with Crippen LogP contribution >= 0.6 is 37.0 Å². The number of nitrogens with one attached hydrogen (secondary N) is 1. The van der Waals surface area contributed by atoms with Gasteiger partial charge in [-0.2, -0.15) is 0 Å². The molecule has 2 heterocycles. The average molecular weight is 530 g/mol. The van der Waals surface area contributed by atoms with Gasteiger partial charge in [-0.3, -0.25) is 9.80 Å². The Hall–Kier alpha value is -1.51. The van der Waals surface area contributed by atoms with Crippen molar-refractivity contribution in [2.24, 2.45) is 0 Å². The van der Waals surface area contributed by atoms with Gasteiger partial charge in [-0.1, -0.05) is 18.2 Å². The summed E-state index contributed by atoms with van der Waals surface area (Å²) in [5, 5.41) is 4.17. The lowest BCUT2D eigenvalue weighted by Crippen LogP contribution is -2.52. The molecule has 0 amide bonds. The van der Waals surface area contributed by atoms with Crippen LogP contribution < -0.4 is 5.32 Å². The molecular weight excluding hydrogens is 497 g/mol. The highest BCUT2D eigenvalue weighted by Crippen LogP contribution is 2.47. The maximum absolute atomic E-state index is 14.1. The van der Waals surface area contributed by atoms with Crippen LogP contribution in [-0.4, -0.2) is 72.2 Å². The molecule has 0 bridgehead atoms. The van der Waals surface area contributed by atoms with Gasteiger partial charge in [0.25, 0.3) is 0 Å². The minimum absolute atomic E-state index is 0. The Morgan fingerprint density at radius 2 is 1.56 bits per heavy atom. The summed E-state index contributed by atoms with van der Waals surface area (Å²) in [6.45, 7) is 8.10. The van der Waals surface area contributed by atoms with Crippen LogP contribution in [0.5, 0.6) is 0 Å². The van der Waals surface area contributed by atoms with E-state index in [9.17, 15) is 8.78 Å². The molecular formula is C25H32Cl2F2N4S. The maximum Gasteiger partial charge on any atom is 0.168 e. The fraction of sp³-hybridized carbons (Fsp3) is 0.480. The van der Waals surface area contributed by atoms with Crippen LogP contribution in [-0.2, 0) is 0 Å². The fourth-order valence-electron chi connectivity index (χ4n) is 5.44. The van der Waals surface area contributed by atoms with E-state index >= 15 is 0 Å². The number of benzene rings is 2. The van der Waals surface area contributed by atoms with E-state index in [1.807, 2.05) is 18.2 Å². The van der Waals surface area contributed by atoms with Gasteiger partial charge >= 0.3 is 0 Å². The standard InChI is InChI=1S/C25H30F2N4S.2ClH/c26-19-4-2-18(3-5-19)22-17-24(21-7-6-20(27)16-23(21)22)30-13-10-29(11-14-30)12-15-31-9-1-8-28-25(31)32;;/h2-7,16,22,24H,1,8-15,17H2,(H,28,32);2*1H/t22-,24+;;/m1../s1. The average Bonchev–Trinajstić information content (AvgIpc) is 3.18. The Bertz CT molecular complexity index is 970. The van der Waals surface area contributed by atoms with Crippen molar-refractivity contribution in [1.82, 2.24) is 20.0 Å². The molecule has 186 valence electrons. The van der Waals surface area contributed by atoms with Gasteiger partial charge in [-0.25, -0.2) is 8.78 Å². The second-order valence-electron chi connectivity index (χ2n) is 9.08. The molecule has 2 aromatic rings. The van der Waals surface area contributed by atoms with Crippen molar-refractivity contribution >= 4 is 42.1 Å². The van der Waals surface area contributed by atoms with Crippen molar-refractivity contribution < 1.29 is 8.78 Å². The van der Waals surface area contributed by atoms with Crippen LogP contribution in [0.25, 0.3) is 0 Å². The first kappa shape index (κ1) is 27.1. The second kappa shape index (κ2) is 12.0. The van der Waals surface area contributed by atoms with Gasteiger partial charge in [0.2, 0.25) is 0 Å². The third-order valence-electron chi connectivity index (χ3n) is 7.22. The molecule has 5 rings (SSSR count). The normalized spacial score (nSPS) is 23.0. The summed E-state index contributed by atoms with van der Waals surface area (Å²) in [7, 11) is 0. The predicted molar refractivity (Wildman–Crippen MR) is 141 cm³/mol. The molecule has 4 nitrogen and oxygen atoms in total. The monoisotopic (exact) mass is 528 g/mol. The molecule has 2 aliphatic heterocycles. The molecule has 9 heteroatoms. The second-order valence-corrected chi connectivity index (χ2v) is 9.47. The number of nitrogens with zero attached hydrogens (tertiary/aromatic N) is 3. The number of hydrogen-bond donors (Lipinski definition) is 1. The van der Waals surface area contributed by atoms with Crippen molar-refractivity contribution in [2.45, 2.75) is 24.8 Å². The number of thiocarbonyl (C=S) groups is 1. The van der Waals surface area contributed by atoms with Crippen LogP contribution in [0.1, 0.15) is 41.5 Å². The molecule has 0 spiro atoms. The van der Waals surface area contributed by atoms with E-state index in [-0.39, 0.29) is 48.4 Å². The lowest BCUT2D eigenvalue weighted by Gasteiger charge is -2.39. The topological polar surface area (TPSA) is 21.8 Å². The van der Waals surface area contributed by atoms with Crippen molar-refractivity contribution in [1.29, 1.82) is 0 Å². The first-order valence-corrected chi connectivity index (χ1v) is 12.0. The molecule has 0 radical (unpaired) electrons. The van der Waals surface area contributed by atoms with Crippen molar-refractivity contribution in [3.05, 3.63) is 70.8 Å². The summed E-state index contributed by atoms with van der Waals surface area (Å²) in [4.78, 5) is 7.34. The molecule has 0 saturated carbocycles. The van der Waals surface area contributed by atoms with E-state index in [2.05, 4.69) is 20.0 Å². The number of rotatable bonds is 5. The molecule has 0 aromatic heterocycles. The zero-order valence-corrected chi connectivity index (χ0v) is 21.5. The van der Waals surface area contributed by atoms with Crippen LogP contribution in [0, 0.1) is 11.6 Å². The molecule has 0 unspecified atom stereocenters. The summed E-state index contributed by atoms with van der Waals surface area (Å²) in [5.41, 5.74) is 3.33. The molecule has 3 aliphatic rings. The minimum Gasteiger partial charge on any atom is -0.362 e. The van der Waals surface area contributed by atoms with Crippen molar-refractivity contribution in [2.75, 3.05) is 52.4 Å². The van der Waals surface area contributed by atoms with Crippen LogP contribution in [0.15, 0.2) is 42.5 Å². The molecule has 2 aromatic carbocycles. The van der Waals surface area contributed by atoms with E-state index in [1.54, 1.807) is 12.1 Å². The summed E-state index contributed by atoms with van der Waals surface area (Å²) in [5.74, 6) is -0.330. The summed E-state index contributed by atoms with van der Waals surface area (Å²) in [6.07, 6.45) is 2.06. The van der Waals surface area contributed by atoms with Gasteiger partial charge < -0.3 is 10.2 Å². The van der Waals surface area contributed by atoms with E-state index in [0.717, 1.165) is 81.4 Å². The number of fused-ring (bicyclic) bond motifs is 1. The quantitative estimate of drug-likeness (QED) is 0.571. The Labute approximate surface area is 218 Å². The molecule has 2 atom stereocenters. The SMILES string of the molecule is Cl.Cl.Fc1ccc([C@H]2C[C@H](N3CCN(CCN4CCCNC4=S)CC3)c3ccc(F)cc32)cc1. The van der Waals surface area contributed by atoms with Crippen LogP contribution in [0.2, 0.25) is 0 Å². The summed E-state index contributed by atoms with van der Waals surface area (Å²) < 4.78 is 27.6. The van der Waals surface area contributed by atoms with E-state index in [4.69, 9.17) is 12.2 Å². The zero-order valence-electron chi connectivity index (χ0n) is 19.1. The molecule has 2 fully saturated rings. The van der Waals surface area contributed by atoms with Gasteiger partial charge in [-0.05, 0) is 66.0 Å². The zero-order chi connectivity index (χ0) is 22.1. The molecule has 34 heavy (non-hydrogen) atoms. The summed E-state index contributed by atoms with van der Waals surface area (Å²) >= 11 is 5.43. The number of hydrogen-bond acceptors (Lipinski definition) is 3. The minimum atomic E-state index is -0.236. The van der Waals surface area contributed by atoms with E-state index in [0.29, 0.717) is 0 Å². The Balaban J connectivity index is 0.00000162. The lowest BCUT2D eigenvalue weighted by atomic mass is 9.93. The largest absolute Gasteiger partial charge is 0.362 e. The highest BCUT2D eigenvalue weighted by molar-refractivity contribution is 7.80. The first-order chi connectivity index (χ1) is 15.6. The molecule has 1 aliphatic carbocycles. The Morgan fingerprint density at radius 1 is 0.853 bits per heavy atom. The van der Waals surface area contributed by atoms with Crippen LogP contribution in [0.4, 0.5) is 8.78 Å². The highest BCUT2D eigenvalue weighted by atomic mass is 35.5. The number of halogens is 4. The Morgan fingerprint density at radius 3 is 2.26 bits per heavy atom. The van der Waals surface area contributed by atoms with E-state index < -0.39 is 0 Å². The highest BCUT2D eigenvalue weighted by Gasteiger charge is 2.36. The smallest absolute Gasteiger partial charge is 0.168 e. The van der Waals surface area contributed by atoms with Crippen molar-refractivity contribution in [3.63, 3.8) is 0 Å². The lowest BCUT2D eigenvalue weighted by molar-refractivity contribution is 0.0910. The van der Waals surface area contributed by atoms with E-state index in [1.165, 1.54) is 17.7 Å². The predicted octanol–water partition coefficient (Wildman–Crippen LogP) is 4.58. The third kappa shape index (κ3) is 5.82. The summed E-state index contributed by atoms with van der Waals surface area (Å²) in [6, 6.07) is 12.2. The molecule has 2 saturated heterocycles. The third-order valence-corrected chi connectivity index (χ3v) is 7.62. The van der Waals surface area contributed by atoms with Gasteiger partial charge in [0.15, 0.2) is 5.11 Å². The maximum atomic E-state index is 14.1. The van der Waals surface area contributed by atoms with Gasteiger partial charge in [0.05, 0.1) is 0 Å². The number of piperazine rings is 1.